The summed E-state index contributed by atoms with van der Waals surface area (Å²) in [6.07, 6.45) is 1.58. The predicted molar refractivity (Wildman–Crippen MR) is 67.3 cm³/mol. The molecule has 0 saturated heterocycles. The van der Waals surface area contributed by atoms with Crippen molar-refractivity contribution >= 4 is 0 Å². The molecule has 2 aromatic rings. The Kier molecular flexibility index (Phi) is 3.70. The molecule has 0 aliphatic carbocycles. The van der Waals surface area contributed by atoms with Crippen molar-refractivity contribution in [1.82, 2.24) is 4.98 Å². The van der Waals surface area contributed by atoms with Crippen molar-refractivity contribution in [3.8, 4) is 0 Å². The molecule has 0 aliphatic rings. The van der Waals surface area contributed by atoms with Gasteiger partial charge in [-0.25, -0.2) is 8.78 Å². The van der Waals surface area contributed by atoms with Crippen molar-refractivity contribution < 1.29 is 8.78 Å². The van der Waals surface area contributed by atoms with E-state index < -0.39 is 0 Å². The normalized spacial score (nSPS) is 12.7. The number of aromatic nitrogens is 1. The van der Waals surface area contributed by atoms with Gasteiger partial charge in [0.25, 0.3) is 0 Å². The van der Waals surface area contributed by atoms with Crippen LogP contribution in [0.2, 0.25) is 0 Å². The molecular formula is C15H15F2N. The first-order chi connectivity index (χ1) is 8.59. The Balaban J connectivity index is 2.47. The summed E-state index contributed by atoms with van der Waals surface area (Å²) in [5.41, 5.74) is 1.29. The van der Waals surface area contributed by atoms with Gasteiger partial charge in [-0.05, 0) is 35.7 Å². The molecule has 2 rings (SSSR count). The van der Waals surface area contributed by atoms with Crippen LogP contribution in [0.4, 0.5) is 8.78 Å². The third kappa shape index (κ3) is 2.55. The van der Waals surface area contributed by atoms with Crippen molar-refractivity contribution in [3.63, 3.8) is 0 Å². The fraction of sp³-hybridized carbons (Fsp3) is 0.267. The van der Waals surface area contributed by atoms with Crippen LogP contribution in [0.25, 0.3) is 0 Å². The second-order valence-corrected chi connectivity index (χ2v) is 4.64. The van der Waals surface area contributed by atoms with Crippen LogP contribution in [0.1, 0.15) is 31.0 Å². The van der Waals surface area contributed by atoms with Gasteiger partial charge in [-0.1, -0.05) is 26.0 Å². The van der Waals surface area contributed by atoms with Gasteiger partial charge in [-0.2, -0.15) is 0 Å². The van der Waals surface area contributed by atoms with E-state index in [4.69, 9.17) is 0 Å². The topological polar surface area (TPSA) is 12.9 Å². The first-order valence-corrected chi connectivity index (χ1v) is 5.95. The molecule has 1 atom stereocenters. The second kappa shape index (κ2) is 5.25. The maximum atomic E-state index is 13.8. The zero-order valence-corrected chi connectivity index (χ0v) is 10.4. The average molecular weight is 247 g/mol. The van der Waals surface area contributed by atoms with Gasteiger partial charge in [-0.15, -0.1) is 0 Å². The number of hydrogen-bond acceptors (Lipinski definition) is 1. The summed E-state index contributed by atoms with van der Waals surface area (Å²) >= 11 is 0. The number of nitrogens with zero attached hydrogens (tertiary/aromatic N) is 1. The predicted octanol–water partition coefficient (Wildman–Crippen LogP) is 4.15. The standard InChI is InChI=1S/C15H15F2N/c1-10(2)14(11-5-7-12(16)8-6-11)15-13(17)4-3-9-18-15/h3-10,14H,1-2H3. The first kappa shape index (κ1) is 12.7. The second-order valence-electron chi connectivity index (χ2n) is 4.64. The molecule has 1 unspecified atom stereocenters. The van der Waals surface area contributed by atoms with Crippen molar-refractivity contribution in [1.29, 1.82) is 0 Å². The van der Waals surface area contributed by atoms with Gasteiger partial charge in [0.05, 0.1) is 5.69 Å². The third-order valence-electron chi connectivity index (χ3n) is 2.98. The zero-order valence-electron chi connectivity index (χ0n) is 10.4. The Hall–Kier alpha value is -1.77. The Morgan fingerprint density at radius 3 is 2.22 bits per heavy atom. The van der Waals surface area contributed by atoms with E-state index in [0.717, 1.165) is 5.56 Å². The highest BCUT2D eigenvalue weighted by Gasteiger charge is 2.22. The highest BCUT2D eigenvalue weighted by Crippen LogP contribution is 2.31. The summed E-state index contributed by atoms with van der Waals surface area (Å²) in [5, 5.41) is 0. The molecule has 0 spiro atoms. The van der Waals surface area contributed by atoms with Crippen molar-refractivity contribution in [2.45, 2.75) is 19.8 Å². The molecule has 1 aromatic carbocycles. The van der Waals surface area contributed by atoms with Crippen molar-refractivity contribution in [3.05, 3.63) is 65.5 Å². The molecule has 3 heteroatoms. The SMILES string of the molecule is CC(C)C(c1ccc(F)cc1)c1ncccc1F. The lowest BCUT2D eigenvalue weighted by atomic mass is 9.85. The number of pyridine rings is 1. The van der Waals surface area contributed by atoms with Gasteiger partial charge in [-0.3, -0.25) is 4.98 Å². The van der Waals surface area contributed by atoms with Crippen LogP contribution in [0.5, 0.6) is 0 Å². The van der Waals surface area contributed by atoms with E-state index in [1.165, 1.54) is 18.2 Å². The Bertz CT molecular complexity index is 520. The van der Waals surface area contributed by atoms with E-state index in [2.05, 4.69) is 4.98 Å². The lowest BCUT2D eigenvalue weighted by Crippen LogP contribution is -2.12. The Morgan fingerprint density at radius 1 is 1.00 bits per heavy atom. The van der Waals surface area contributed by atoms with Gasteiger partial charge >= 0.3 is 0 Å². The van der Waals surface area contributed by atoms with Crippen LogP contribution < -0.4 is 0 Å². The van der Waals surface area contributed by atoms with E-state index in [9.17, 15) is 8.78 Å². The number of hydrogen-bond donors (Lipinski definition) is 0. The minimum Gasteiger partial charge on any atom is -0.258 e. The molecule has 1 heterocycles. The molecule has 0 bridgehead atoms. The third-order valence-corrected chi connectivity index (χ3v) is 2.98. The van der Waals surface area contributed by atoms with Crippen molar-refractivity contribution in [2.24, 2.45) is 5.92 Å². The minimum absolute atomic E-state index is 0.160. The monoisotopic (exact) mass is 247 g/mol. The molecule has 0 amide bonds. The van der Waals surface area contributed by atoms with Gasteiger partial charge in [0.2, 0.25) is 0 Å². The van der Waals surface area contributed by atoms with Gasteiger partial charge in [0.15, 0.2) is 0 Å². The first-order valence-electron chi connectivity index (χ1n) is 5.95. The number of rotatable bonds is 3. The molecule has 18 heavy (non-hydrogen) atoms. The van der Waals surface area contributed by atoms with Gasteiger partial charge in [0.1, 0.15) is 11.6 Å². The molecule has 0 N–H and O–H groups in total. The van der Waals surface area contributed by atoms with Gasteiger partial charge < -0.3 is 0 Å². The number of halogens is 2. The molecule has 0 aliphatic heterocycles. The fourth-order valence-corrected chi connectivity index (χ4v) is 2.16. The molecule has 1 nitrogen and oxygen atoms in total. The van der Waals surface area contributed by atoms with E-state index in [-0.39, 0.29) is 23.5 Å². The van der Waals surface area contributed by atoms with E-state index >= 15 is 0 Å². The fourth-order valence-electron chi connectivity index (χ4n) is 2.16. The average Bonchev–Trinajstić information content (AvgIpc) is 2.34. The quantitative estimate of drug-likeness (QED) is 0.794. The largest absolute Gasteiger partial charge is 0.258 e. The molecule has 0 fully saturated rings. The summed E-state index contributed by atoms with van der Waals surface area (Å²) in [6.45, 7) is 4.00. The highest BCUT2D eigenvalue weighted by atomic mass is 19.1. The van der Waals surface area contributed by atoms with E-state index in [1.807, 2.05) is 13.8 Å². The lowest BCUT2D eigenvalue weighted by molar-refractivity contribution is 0.508. The molecule has 1 aromatic heterocycles. The van der Waals surface area contributed by atoms with Crippen LogP contribution >= 0.6 is 0 Å². The maximum Gasteiger partial charge on any atom is 0.145 e. The molecule has 0 radical (unpaired) electrons. The van der Waals surface area contributed by atoms with Crippen LogP contribution in [0, 0.1) is 17.6 Å². The summed E-state index contributed by atoms with van der Waals surface area (Å²) in [6, 6.07) is 9.14. The van der Waals surface area contributed by atoms with Crippen LogP contribution in [-0.2, 0) is 0 Å². The Morgan fingerprint density at radius 2 is 1.67 bits per heavy atom. The van der Waals surface area contributed by atoms with E-state index in [0.29, 0.717) is 5.69 Å². The maximum absolute atomic E-state index is 13.8. The molecule has 94 valence electrons. The summed E-state index contributed by atoms with van der Waals surface area (Å²) in [4.78, 5) is 4.13. The number of benzene rings is 1. The lowest BCUT2D eigenvalue weighted by Gasteiger charge is -2.21. The van der Waals surface area contributed by atoms with Crippen LogP contribution in [0.15, 0.2) is 42.6 Å². The summed E-state index contributed by atoms with van der Waals surface area (Å²) < 4.78 is 26.8. The molecular weight excluding hydrogens is 232 g/mol. The highest BCUT2D eigenvalue weighted by molar-refractivity contribution is 5.30. The Labute approximate surface area is 105 Å². The zero-order chi connectivity index (χ0) is 13.1. The summed E-state index contributed by atoms with van der Waals surface area (Å²) in [7, 11) is 0. The van der Waals surface area contributed by atoms with Crippen LogP contribution in [0.3, 0.4) is 0 Å². The van der Waals surface area contributed by atoms with E-state index in [1.54, 1.807) is 24.4 Å². The molecule has 0 saturated carbocycles. The smallest absolute Gasteiger partial charge is 0.145 e. The summed E-state index contributed by atoms with van der Waals surface area (Å²) in [5.74, 6) is -0.588. The van der Waals surface area contributed by atoms with Gasteiger partial charge in [0, 0.05) is 12.1 Å². The van der Waals surface area contributed by atoms with Crippen LogP contribution in [-0.4, -0.2) is 4.98 Å². The minimum atomic E-state index is -0.319. The van der Waals surface area contributed by atoms with Crippen molar-refractivity contribution in [2.75, 3.05) is 0 Å².